The van der Waals surface area contributed by atoms with Crippen LogP contribution < -0.4 is 0 Å². The number of unbranched alkanes of at least 4 members (excludes halogenated alkanes) is 17. The first-order chi connectivity index (χ1) is 38.0. The molecule has 0 bridgehead atoms. The summed E-state index contributed by atoms with van der Waals surface area (Å²) < 4.78 is 16.9. The molecule has 6 heteroatoms. The van der Waals surface area contributed by atoms with Gasteiger partial charge in [-0.2, -0.15) is 0 Å². The Kier molecular flexibility index (Phi) is 59.5. The van der Waals surface area contributed by atoms with Crippen LogP contribution in [0.3, 0.4) is 0 Å². The first kappa shape index (κ1) is 72.0. The number of carbonyl (C=O) groups excluding carboxylic acids is 3. The zero-order valence-electron chi connectivity index (χ0n) is 49.4. The third-order valence-corrected chi connectivity index (χ3v) is 12.5. The maximum Gasteiger partial charge on any atom is 0.306 e. The fourth-order valence-corrected chi connectivity index (χ4v) is 7.98. The van der Waals surface area contributed by atoms with Crippen molar-refractivity contribution in [3.63, 3.8) is 0 Å². The third kappa shape index (κ3) is 61.8. The second kappa shape index (κ2) is 63.6. The van der Waals surface area contributed by atoms with Crippen LogP contribution in [0.2, 0.25) is 0 Å². The smallest absolute Gasteiger partial charge is 0.306 e. The van der Waals surface area contributed by atoms with Gasteiger partial charge in [-0.25, -0.2) is 0 Å². The Hall–Kier alpha value is -4.97. The minimum absolute atomic E-state index is 0.106. The van der Waals surface area contributed by atoms with Crippen LogP contribution in [0.25, 0.3) is 0 Å². The first-order valence-corrected chi connectivity index (χ1v) is 31.0. The summed E-state index contributed by atoms with van der Waals surface area (Å²) in [6.07, 6.45) is 92.3. The predicted molar refractivity (Wildman–Crippen MR) is 334 cm³/mol. The molecule has 0 heterocycles. The first-order valence-electron chi connectivity index (χ1n) is 31.0. The van der Waals surface area contributed by atoms with Crippen molar-refractivity contribution in [3.05, 3.63) is 158 Å². The molecule has 0 aliphatic carbocycles. The second-order valence-electron chi connectivity index (χ2n) is 19.8. The highest BCUT2D eigenvalue weighted by molar-refractivity contribution is 5.71. The van der Waals surface area contributed by atoms with Gasteiger partial charge < -0.3 is 14.2 Å². The van der Waals surface area contributed by atoms with Crippen molar-refractivity contribution in [3.8, 4) is 0 Å². The molecule has 0 N–H and O–H groups in total. The van der Waals surface area contributed by atoms with Gasteiger partial charge in [0.1, 0.15) is 13.2 Å². The van der Waals surface area contributed by atoms with E-state index in [1.165, 1.54) is 32.1 Å². The normalized spacial score (nSPS) is 13.2. The molecule has 432 valence electrons. The van der Waals surface area contributed by atoms with Crippen molar-refractivity contribution < 1.29 is 28.6 Å². The van der Waals surface area contributed by atoms with Crippen molar-refractivity contribution in [1.29, 1.82) is 0 Å². The summed E-state index contributed by atoms with van der Waals surface area (Å²) in [7, 11) is 0. The number of hydrogen-bond donors (Lipinski definition) is 0. The average Bonchev–Trinajstić information content (AvgIpc) is 3.43. The largest absolute Gasteiger partial charge is 0.462 e. The van der Waals surface area contributed by atoms with Gasteiger partial charge in [0.25, 0.3) is 0 Å². The molecule has 0 rings (SSSR count). The quantitative estimate of drug-likeness (QED) is 0.0261. The second-order valence-corrected chi connectivity index (χ2v) is 19.8. The molecule has 0 radical (unpaired) electrons. The monoisotopic (exact) mass is 1060 g/mol. The molecule has 0 aliphatic heterocycles. The van der Waals surface area contributed by atoms with Gasteiger partial charge in [0, 0.05) is 19.3 Å². The van der Waals surface area contributed by atoms with Crippen LogP contribution >= 0.6 is 0 Å². The van der Waals surface area contributed by atoms with E-state index in [0.29, 0.717) is 19.3 Å². The van der Waals surface area contributed by atoms with Crippen LogP contribution in [0.1, 0.15) is 252 Å². The molecule has 77 heavy (non-hydrogen) atoms. The van der Waals surface area contributed by atoms with E-state index in [4.69, 9.17) is 14.2 Å². The molecule has 0 fully saturated rings. The number of rotatable bonds is 54. The number of hydrogen-bond acceptors (Lipinski definition) is 6. The summed E-state index contributed by atoms with van der Waals surface area (Å²) in [5.41, 5.74) is 0. The van der Waals surface area contributed by atoms with E-state index in [1.54, 1.807) is 0 Å². The molecule has 6 nitrogen and oxygen atoms in total. The van der Waals surface area contributed by atoms with E-state index in [9.17, 15) is 14.4 Å². The molecule has 0 aromatic rings. The van der Waals surface area contributed by atoms with E-state index in [1.807, 2.05) is 0 Å². The minimum atomic E-state index is -0.811. The average molecular weight is 1060 g/mol. The SMILES string of the molecule is CC/C=C\C/C=C\C/C=C\C/C=C\C/C=C\CCCCCCCC(=O)OCC(COC(=O)CCCCCC/C=C\C/C=C\C/C=C\C/C=C\CC)OC(=O)CCCCCCCCCC/C=C\C/C=C\C/C=C\C/C=C\CC. The Morgan fingerprint density at radius 3 is 0.727 bits per heavy atom. The number of ether oxygens (including phenoxy) is 3. The molecule has 0 aliphatic rings. The molecule has 0 aromatic heterocycles. The summed E-state index contributed by atoms with van der Waals surface area (Å²) in [6, 6.07) is 0. The van der Waals surface area contributed by atoms with Crippen LogP contribution in [0.15, 0.2) is 158 Å². The van der Waals surface area contributed by atoms with Gasteiger partial charge >= 0.3 is 17.9 Å². The molecule has 1 unspecified atom stereocenters. The summed E-state index contributed by atoms with van der Waals surface area (Å²) in [4.78, 5) is 38.3. The Morgan fingerprint density at radius 1 is 0.260 bits per heavy atom. The fourth-order valence-electron chi connectivity index (χ4n) is 7.98. The molecule has 0 amide bonds. The molecular weight excluding hydrogens is 949 g/mol. The van der Waals surface area contributed by atoms with Crippen molar-refractivity contribution in [2.24, 2.45) is 0 Å². The highest BCUT2D eigenvalue weighted by Crippen LogP contribution is 2.14. The standard InChI is InChI=1S/C71H112O6/c1-4-7-10-13-16-19-22-25-28-31-33-35-37-40-43-46-49-52-55-58-61-64-70(73)76-67-68(66-75-69(72)63-60-57-54-51-48-45-42-39-30-27-24-21-18-15-12-9-6-3)77-71(74)65-62-59-56-53-50-47-44-41-38-36-34-32-29-26-23-20-17-14-11-8-5-2/h7-12,16-21,25-30,33-36,40,42-43,45,68H,4-6,13-15,22-24,31-32,37-39,41,44,46-67H2,1-3H3/b10-7-,11-8-,12-9-,19-16-,20-17-,21-18-,28-25-,29-26-,30-27-,35-33-,36-34-,43-40-,45-42-. The Balaban J connectivity index is 4.51. The van der Waals surface area contributed by atoms with Crippen molar-refractivity contribution in [2.45, 2.75) is 258 Å². The van der Waals surface area contributed by atoms with Gasteiger partial charge in [0.2, 0.25) is 0 Å². The zero-order chi connectivity index (χ0) is 55.7. The van der Waals surface area contributed by atoms with E-state index < -0.39 is 6.10 Å². The van der Waals surface area contributed by atoms with E-state index in [-0.39, 0.29) is 31.1 Å². The summed E-state index contributed by atoms with van der Waals surface area (Å²) in [5, 5.41) is 0. The van der Waals surface area contributed by atoms with Crippen LogP contribution in [0.5, 0.6) is 0 Å². The molecule has 1 atom stereocenters. The molecule has 0 saturated heterocycles. The maximum absolute atomic E-state index is 12.9. The van der Waals surface area contributed by atoms with Crippen LogP contribution in [0, 0.1) is 0 Å². The van der Waals surface area contributed by atoms with Gasteiger partial charge in [-0.3, -0.25) is 14.4 Å². The number of carbonyl (C=O) groups is 3. The van der Waals surface area contributed by atoms with Gasteiger partial charge in [0.15, 0.2) is 6.10 Å². The lowest BCUT2D eigenvalue weighted by molar-refractivity contribution is -0.167. The Labute approximate surface area is 473 Å². The van der Waals surface area contributed by atoms with E-state index >= 15 is 0 Å². The topological polar surface area (TPSA) is 78.9 Å². The minimum Gasteiger partial charge on any atom is -0.462 e. The lowest BCUT2D eigenvalue weighted by Gasteiger charge is -2.18. The molecule has 0 saturated carbocycles. The van der Waals surface area contributed by atoms with Gasteiger partial charge in [0.05, 0.1) is 0 Å². The van der Waals surface area contributed by atoms with Crippen LogP contribution in [-0.2, 0) is 28.6 Å². The van der Waals surface area contributed by atoms with Gasteiger partial charge in [-0.1, -0.05) is 249 Å². The predicted octanol–water partition coefficient (Wildman–Crippen LogP) is 21.3. The summed E-state index contributed by atoms with van der Waals surface area (Å²) >= 11 is 0. The molecule has 0 aromatic carbocycles. The highest BCUT2D eigenvalue weighted by Gasteiger charge is 2.19. The van der Waals surface area contributed by atoms with Gasteiger partial charge in [-0.05, 0) is 141 Å². The van der Waals surface area contributed by atoms with Crippen molar-refractivity contribution >= 4 is 17.9 Å². The Bertz CT molecular complexity index is 1740. The summed E-state index contributed by atoms with van der Waals surface area (Å²) in [6.45, 7) is 6.25. The maximum atomic E-state index is 12.9. The van der Waals surface area contributed by atoms with E-state index in [2.05, 4.69) is 179 Å². The van der Waals surface area contributed by atoms with Crippen molar-refractivity contribution in [2.75, 3.05) is 13.2 Å². The van der Waals surface area contributed by atoms with Crippen LogP contribution in [-0.4, -0.2) is 37.2 Å². The van der Waals surface area contributed by atoms with Gasteiger partial charge in [-0.15, -0.1) is 0 Å². The third-order valence-electron chi connectivity index (χ3n) is 12.5. The van der Waals surface area contributed by atoms with Crippen molar-refractivity contribution in [1.82, 2.24) is 0 Å². The fraction of sp³-hybridized carbons (Fsp3) is 0.592. The zero-order valence-corrected chi connectivity index (χ0v) is 49.4. The lowest BCUT2D eigenvalue weighted by Crippen LogP contribution is -2.30. The molecule has 0 spiro atoms. The molecular formula is C71H112O6. The summed E-state index contributed by atoms with van der Waals surface area (Å²) in [5.74, 6) is -0.959. The lowest BCUT2D eigenvalue weighted by atomic mass is 10.1. The number of allylic oxidation sites excluding steroid dienone is 26. The number of esters is 3. The van der Waals surface area contributed by atoms with Crippen LogP contribution in [0.4, 0.5) is 0 Å². The Morgan fingerprint density at radius 2 is 0.468 bits per heavy atom. The highest BCUT2D eigenvalue weighted by atomic mass is 16.6. The van der Waals surface area contributed by atoms with E-state index in [0.717, 1.165) is 180 Å².